The van der Waals surface area contributed by atoms with E-state index in [1.807, 2.05) is 30.3 Å². The molecule has 122 valence electrons. The van der Waals surface area contributed by atoms with Crippen molar-refractivity contribution in [3.8, 4) is 0 Å². The van der Waals surface area contributed by atoms with E-state index in [2.05, 4.69) is 10.6 Å². The van der Waals surface area contributed by atoms with Crippen LogP contribution in [0.4, 0.5) is 5.69 Å². The van der Waals surface area contributed by atoms with E-state index in [-0.39, 0.29) is 11.3 Å². The van der Waals surface area contributed by atoms with E-state index in [1.54, 1.807) is 0 Å². The van der Waals surface area contributed by atoms with Crippen LogP contribution in [0, 0.1) is 23.2 Å². The molecule has 4 fully saturated rings. The van der Waals surface area contributed by atoms with Crippen molar-refractivity contribution in [2.24, 2.45) is 23.2 Å². The molecule has 0 spiro atoms. The Bertz CT molecular complexity index is 601. The minimum Gasteiger partial charge on any atom is -0.332 e. The van der Waals surface area contributed by atoms with Crippen LogP contribution in [0.2, 0.25) is 0 Å². The molecule has 2 unspecified atom stereocenters. The van der Waals surface area contributed by atoms with Crippen molar-refractivity contribution >= 4 is 28.9 Å². The Balaban J connectivity index is 1.45. The maximum atomic E-state index is 13.0. The first-order valence-corrected chi connectivity index (χ1v) is 9.21. The fourth-order valence-corrected chi connectivity index (χ4v) is 5.57. The average Bonchev–Trinajstić information content (AvgIpc) is 2.73. The van der Waals surface area contributed by atoms with Crippen molar-refractivity contribution in [1.29, 1.82) is 0 Å². The third-order valence-corrected chi connectivity index (χ3v) is 6.33. The Morgan fingerprint density at radius 2 is 1.70 bits per heavy atom. The molecule has 4 aliphatic rings. The zero-order chi connectivity index (χ0) is 15.9. The van der Waals surface area contributed by atoms with E-state index >= 15 is 0 Å². The standard InChI is InChI=1S/C19H24N2OS/c22-17(21-18(23)20-16-4-2-1-3-5-16)19-7-6-13-8-14(11-19)10-15(9-13)12-19/h1-5,13-15H,6-12H2,(H2,20,21,22,23). The molecular weight excluding hydrogens is 304 g/mol. The molecule has 0 saturated heterocycles. The Hall–Kier alpha value is -1.42. The lowest BCUT2D eigenvalue weighted by molar-refractivity contribution is -0.134. The minimum atomic E-state index is -0.165. The van der Waals surface area contributed by atoms with E-state index in [9.17, 15) is 4.79 Å². The first-order valence-electron chi connectivity index (χ1n) is 8.80. The van der Waals surface area contributed by atoms with Gasteiger partial charge in [-0.15, -0.1) is 0 Å². The topological polar surface area (TPSA) is 41.1 Å². The Morgan fingerprint density at radius 1 is 1.04 bits per heavy atom. The van der Waals surface area contributed by atoms with E-state index in [0.717, 1.165) is 42.7 Å². The van der Waals surface area contributed by atoms with E-state index < -0.39 is 0 Å². The Labute approximate surface area is 143 Å². The summed E-state index contributed by atoms with van der Waals surface area (Å²) in [5.41, 5.74) is 0.751. The summed E-state index contributed by atoms with van der Waals surface area (Å²) in [6, 6.07) is 9.78. The van der Waals surface area contributed by atoms with E-state index in [1.165, 1.54) is 25.7 Å². The van der Waals surface area contributed by atoms with Gasteiger partial charge in [-0.05, 0) is 87.1 Å². The molecule has 0 aromatic heterocycles. The lowest BCUT2D eigenvalue weighted by atomic mass is 9.61. The number of fused-ring (bicyclic) bond motifs is 1. The van der Waals surface area contributed by atoms with Crippen molar-refractivity contribution in [3.63, 3.8) is 0 Å². The van der Waals surface area contributed by atoms with Gasteiger partial charge in [0.15, 0.2) is 5.11 Å². The predicted molar refractivity (Wildman–Crippen MR) is 96.0 cm³/mol. The highest BCUT2D eigenvalue weighted by atomic mass is 32.1. The minimum absolute atomic E-state index is 0.156. The molecule has 1 aromatic carbocycles. The number of benzene rings is 1. The van der Waals surface area contributed by atoms with Gasteiger partial charge in [-0.3, -0.25) is 4.79 Å². The van der Waals surface area contributed by atoms with Crippen LogP contribution in [0.5, 0.6) is 0 Å². The first-order chi connectivity index (χ1) is 11.1. The van der Waals surface area contributed by atoms with Crippen molar-refractivity contribution in [1.82, 2.24) is 5.32 Å². The molecule has 4 bridgehead atoms. The molecule has 4 heteroatoms. The van der Waals surface area contributed by atoms with Crippen LogP contribution in [0.25, 0.3) is 0 Å². The van der Waals surface area contributed by atoms with Gasteiger partial charge in [-0.1, -0.05) is 18.2 Å². The second-order valence-electron chi connectivity index (χ2n) is 7.81. The fourth-order valence-electron chi connectivity index (χ4n) is 5.36. The molecule has 0 heterocycles. The molecule has 5 rings (SSSR count). The maximum absolute atomic E-state index is 13.0. The zero-order valence-electron chi connectivity index (χ0n) is 13.4. The Kier molecular flexibility index (Phi) is 3.88. The van der Waals surface area contributed by atoms with Gasteiger partial charge in [0.2, 0.25) is 5.91 Å². The lowest BCUT2D eigenvalue weighted by Crippen LogP contribution is -2.48. The van der Waals surface area contributed by atoms with Crippen LogP contribution in [0.15, 0.2) is 30.3 Å². The number of carbonyl (C=O) groups is 1. The number of rotatable bonds is 2. The number of amides is 1. The molecular formula is C19H24N2OS. The van der Waals surface area contributed by atoms with Crippen LogP contribution in [0.1, 0.15) is 44.9 Å². The first kappa shape index (κ1) is 15.1. The van der Waals surface area contributed by atoms with Gasteiger partial charge in [0.25, 0.3) is 0 Å². The van der Waals surface area contributed by atoms with Crippen LogP contribution in [-0.2, 0) is 4.79 Å². The molecule has 1 aromatic rings. The monoisotopic (exact) mass is 328 g/mol. The normalized spacial score (nSPS) is 34.7. The number of thiocarbonyl (C=S) groups is 1. The maximum Gasteiger partial charge on any atom is 0.232 e. The SMILES string of the molecule is O=C(NC(=S)Nc1ccccc1)C12CCC3CC(CC(C3)C1)C2. The molecule has 3 nitrogen and oxygen atoms in total. The number of anilines is 1. The fraction of sp³-hybridized carbons (Fsp3) is 0.579. The van der Waals surface area contributed by atoms with Crippen LogP contribution >= 0.6 is 12.2 Å². The second-order valence-corrected chi connectivity index (χ2v) is 8.21. The smallest absolute Gasteiger partial charge is 0.232 e. The lowest BCUT2D eigenvalue weighted by Gasteiger charge is -2.44. The summed E-state index contributed by atoms with van der Waals surface area (Å²) < 4.78 is 0. The molecule has 0 aliphatic heterocycles. The predicted octanol–water partition coefficient (Wildman–Crippen LogP) is 4.11. The molecule has 23 heavy (non-hydrogen) atoms. The van der Waals surface area contributed by atoms with Crippen molar-refractivity contribution in [3.05, 3.63) is 30.3 Å². The van der Waals surface area contributed by atoms with Gasteiger partial charge in [-0.2, -0.15) is 0 Å². The van der Waals surface area contributed by atoms with Gasteiger partial charge in [0.05, 0.1) is 5.41 Å². The van der Waals surface area contributed by atoms with Crippen molar-refractivity contribution < 1.29 is 4.79 Å². The highest BCUT2D eigenvalue weighted by Gasteiger charge is 2.51. The number of nitrogens with one attached hydrogen (secondary N) is 2. The summed E-state index contributed by atoms with van der Waals surface area (Å²) >= 11 is 5.36. The van der Waals surface area contributed by atoms with Gasteiger partial charge in [0.1, 0.15) is 0 Å². The highest BCUT2D eigenvalue weighted by molar-refractivity contribution is 7.80. The second kappa shape index (κ2) is 5.90. The summed E-state index contributed by atoms with van der Waals surface area (Å²) in [7, 11) is 0. The van der Waals surface area contributed by atoms with Crippen LogP contribution in [-0.4, -0.2) is 11.0 Å². The average molecular weight is 328 g/mol. The quantitative estimate of drug-likeness (QED) is 0.803. The number of carbonyl (C=O) groups excluding carboxylic acids is 1. The number of hydrogen-bond acceptors (Lipinski definition) is 2. The summed E-state index contributed by atoms with van der Waals surface area (Å²) in [4.78, 5) is 13.0. The molecule has 2 atom stereocenters. The molecule has 4 saturated carbocycles. The van der Waals surface area contributed by atoms with Crippen molar-refractivity contribution in [2.75, 3.05) is 5.32 Å². The van der Waals surface area contributed by atoms with E-state index in [0.29, 0.717) is 5.11 Å². The summed E-state index contributed by atoms with van der Waals surface area (Å²) in [5.74, 6) is 2.54. The number of para-hydroxylation sites is 1. The third-order valence-electron chi connectivity index (χ3n) is 6.13. The van der Waals surface area contributed by atoms with Gasteiger partial charge in [-0.25, -0.2) is 0 Å². The van der Waals surface area contributed by atoms with E-state index in [4.69, 9.17) is 12.2 Å². The van der Waals surface area contributed by atoms with Gasteiger partial charge < -0.3 is 10.6 Å². The van der Waals surface area contributed by atoms with Crippen LogP contribution < -0.4 is 10.6 Å². The van der Waals surface area contributed by atoms with Gasteiger partial charge >= 0.3 is 0 Å². The molecule has 1 amide bonds. The van der Waals surface area contributed by atoms with Crippen LogP contribution in [0.3, 0.4) is 0 Å². The largest absolute Gasteiger partial charge is 0.332 e. The summed E-state index contributed by atoms with van der Waals surface area (Å²) in [5, 5.41) is 6.54. The number of hydrogen-bond donors (Lipinski definition) is 2. The third kappa shape index (κ3) is 3.01. The van der Waals surface area contributed by atoms with Gasteiger partial charge in [0, 0.05) is 5.69 Å². The summed E-state index contributed by atoms with van der Waals surface area (Å²) in [6.07, 6.45) is 8.44. The zero-order valence-corrected chi connectivity index (χ0v) is 14.2. The summed E-state index contributed by atoms with van der Waals surface area (Å²) in [6.45, 7) is 0. The van der Waals surface area contributed by atoms with Crippen molar-refractivity contribution in [2.45, 2.75) is 44.9 Å². The highest BCUT2D eigenvalue weighted by Crippen LogP contribution is 2.57. The Morgan fingerprint density at radius 3 is 2.39 bits per heavy atom. The molecule has 4 aliphatic carbocycles. The molecule has 0 radical (unpaired) electrons. The molecule has 2 N–H and O–H groups in total.